The van der Waals surface area contributed by atoms with Crippen LogP contribution in [0.5, 0.6) is 0 Å². The number of hydrogen-bond donors (Lipinski definition) is 2. The second-order valence-electron chi connectivity index (χ2n) is 8.90. The van der Waals surface area contributed by atoms with Gasteiger partial charge in [-0.1, -0.05) is 6.92 Å². The molecule has 0 bridgehead atoms. The molecule has 0 radical (unpaired) electrons. The van der Waals surface area contributed by atoms with Crippen LogP contribution in [0.2, 0.25) is 0 Å². The Morgan fingerprint density at radius 1 is 1.09 bits per heavy atom. The third-order valence-electron chi connectivity index (χ3n) is 6.62. The number of nitrogens with one attached hydrogen (secondary N) is 1. The van der Waals surface area contributed by atoms with Crippen molar-refractivity contribution in [1.82, 2.24) is 19.8 Å². The van der Waals surface area contributed by atoms with Crippen LogP contribution >= 0.6 is 0 Å². The number of rotatable bonds is 10. The Balaban J connectivity index is 1.46. The number of benzene rings is 1. The average molecular weight is 455 g/mol. The predicted molar refractivity (Wildman–Crippen MR) is 133 cm³/mol. The number of nitrogens with zero attached hydrogens (tertiary/aromatic N) is 5. The van der Waals surface area contributed by atoms with E-state index in [0.717, 1.165) is 93.7 Å². The molecule has 180 valence electrons. The molecule has 0 unspecified atom stereocenters. The molecule has 1 aromatic heterocycles. The maximum Gasteiger partial charge on any atom is 0.161 e. The fourth-order valence-corrected chi connectivity index (χ4v) is 4.47. The van der Waals surface area contributed by atoms with Gasteiger partial charge in [-0.25, -0.2) is 9.97 Å². The van der Waals surface area contributed by atoms with Crippen LogP contribution in [-0.2, 0) is 17.8 Å². The molecule has 8 nitrogen and oxygen atoms in total. The number of aliphatic hydroxyl groups is 1. The zero-order valence-electron chi connectivity index (χ0n) is 20.1. The molecule has 0 spiro atoms. The summed E-state index contributed by atoms with van der Waals surface area (Å²) in [7, 11) is 2.18. The van der Waals surface area contributed by atoms with Gasteiger partial charge in [-0.2, -0.15) is 0 Å². The van der Waals surface area contributed by atoms with Gasteiger partial charge in [0.25, 0.3) is 0 Å². The molecule has 3 heterocycles. The van der Waals surface area contributed by atoms with Crippen molar-refractivity contribution in [3.8, 4) is 11.4 Å². The van der Waals surface area contributed by atoms with Crippen LogP contribution in [0, 0.1) is 0 Å². The van der Waals surface area contributed by atoms with Gasteiger partial charge in [-0.05, 0) is 50.8 Å². The first-order valence-electron chi connectivity index (χ1n) is 12.3. The second-order valence-corrected chi connectivity index (χ2v) is 8.90. The molecule has 0 aliphatic carbocycles. The average Bonchev–Trinajstić information content (AvgIpc) is 2.86. The highest BCUT2D eigenvalue weighted by atomic mass is 16.5. The first kappa shape index (κ1) is 23.9. The quantitative estimate of drug-likeness (QED) is 0.529. The maximum absolute atomic E-state index is 9.18. The number of ether oxygens (including phenoxy) is 1. The highest BCUT2D eigenvalue weighted by Crippen LogP contribution is 2.27. The molecule has 2 aliphatic heterocycles. The van der Waals surface area contributed by atoms with E-state index in [-0.39, 0.29) is 6.61 Å². The van der Waals surface area contributed by atoms with Gasteiger partial charge in [0.2, 0.25) is 0 Å². The molecular formula is C25H38N6O2. The lowest BCUT2D eigenvalue weighted by Crippen LogP contribution is -2.44. The van der Waals surface area contributed by atoms with Crippen molar-refractivity contribution in [2.45, 2.75) is 26.4 Å². The fraction of sp³-hybridized carbons (Fsp3) is 0.600. The molecule has 0 saturated carbocycles. The summed E-state index contributed by atoms with van der Waals surface area (Å²) in [6.45, 7) is 11.4. The fourth-order valence-electron chi connectivity index (χ4n) is 4.47. The van der Waals surface area contributed by atoms with Crippen molar-refractivity contribution < 1.29 is 9.84 Å². The van der Waals surface area contributed by atoms with Gasteiger partial charge in [0.05, 0.1) is 25.5 Å². The molecule has 2 N–H and O–H groups in total. The molecule has 4 rings (SSSR count). The SMILES string of the molecule is CCN(CCO)CCCNc1nc(-c2ccc(N3CCN(C)CC3)cc2)nc2c1COCC2. The largest absolute Gasteiger partial charge is 0.395 e. The Morgan fingerprint density at radius 2 is 1.88 bits per heavy atom. The van der Waals surface area contributed by atoms with Crippen LogP contribution in [0.25, 0.3) is 11.4 Å². The van der Waals surface area contributed by atoms with Crippen LogP contribution in [0.1, 0.15) is 24.6 Å². The normalized spacial score (nSPS) is 16.8. The molecule has 0 amide bonds. The number of aliphatic hydroxyl groups excluding tert-OH is 1. The van der Waals surface area contributed by atoms with Gasteiger partial charge in [-0.15, -0.1) is 0 Å². The molecule has 2 aromatic rings. The Morgan fingerprint density at radius 3 is 2.61 bits per heavy atom. The Hall–Kier alpha value is -2.26. The van der Waals surface area contributed by atoms with E-state index < -0.39 is 0 Å². The zero-order chi connectivity index (χ0) is 23.0. The van der Waals surface area contributed by atoms with Crippen LogP contribution in [-0.4, -0.2) is 97.5 Å². The van der Waals surface area contributed by atoms with Gasteiger partial charge in [0.15, 0.2) is 5.82 Å². The number of piperazine rings is 1. The Kier molecular flexibility index (Phi) is 8.50. The minimum absolute atomic E-state index is 0.203. The van der Waals surface area contributed by atoms with E-state index in [4.69, 9.17) is 14.7 Å². The summed E-state index contributed by atoms with van der Waals surface area (Å²) < 4.78 is 5.70. The molecule has 1 fully saturated rings. The summed E-state index contributed by atoms with van der Waals surface area (Å²) in [6.07, 6.45) is 1.81. The summed E-state index contributed by atoms with van der Waals surface area (Å²) in [5, 5.41) is 12.7. The second kappa shape index (κ2) is 11.7. The minimum Gasteiger partial charge on any atom is -0.395 e. The van der Waals surface area contributed by atoms with Crippen molar-refractivity contribution in [2.75, 3.05) is 82.8 Å². The monoisotopic (exact) mass is 454 g/mol. The van der Waals surface area contributed by atoms with E-state index in [2.05, 4.69) is 58.3 Å². The number of hydrogen-bond acceptors (Lipinski definition) is 8. The van der Waals surface area contributed by atoms with E-state index >= 15 is 0 Å². The van der Waals surface area contributed by atoms with Gasteiger partial charge >= 0.3 is 0 Å². The molecule has 33 heavy (non-hydrogen) atoms. The lowest BCUT2D eigenvalue weighted by atomic mass is 10.1. The van der Waals surface area contributed by atoms with Gasteiger partial charge in [0.1, 0.15) is 5.82 Å². The third-order valence-corrected chi connectivity index (χ3v) is 6.62. The number of fused-ring (bicyclic) bond motifs is 1. The Labute approximate surface area is 197 Å². The van der Waals surface area contributed by atoms with E-state index in [0.29, 0.717) is 13.2 Å². The predicted octanol–water partition coefficient (Wildman–Crippen LogP) is 2.08. The standard InChI is InChI=1S/C25H38N6O2/c1-3-30(16-17-32)11-4-10-26-25-22-19-33-18-9-23(22)27-24(28-25)20-5-7-21(8-6-20)31-14-12-29(2)13-15-31/h5-8,32H,3-4,9-19H2,1-2H3,(H,26,27,28). The first-order valence-corrected chi connectivity index (χ1v) is 12.3. The lowest BCUT2D eigenvalue weighted by molar-refractivity contribution is 0.109. The summed E-state index contributed by atoms with van der Waals surface area (Å²) in [5.74, 6) is 1.67. The summed E-state index contributed by atoms with van der Waals surface area (Å²) in [6, 6.07) is 8.68. The van der Waals surface area contributed by atoms with Crippen molar-refractivity contribution in [2.24, 2.45) is 0 Å². The van der Waals surface area contributed by atoms with Gasteiger partial charge in [-0.3, -0.25) is 0 Å². The van der Waals surface area contributed by atoms with Gasteiger partial charge in [0, 0.05) is 62.5 Å². The summed E-state index contributed by atoms with van der Waals surface area (Å²) >= 11 is 0. The first-order chi connectivity index (χ1) is 16.2. The number of likely N-dealkylation sites (N-methyl/N-ethyl adjacent to an activating group) is 2. The van der Waals surface area contributed by atoms with Crippen molar-refractivity contribution >= 4 is 11.5 Å². The van der Waals surface area contributed by atoms with E-state index in [1.54, 1.807) is 0 Å². The molecule has 2 aliphatic rings. The van der Waals surface area contributed by atoms with Crippen molar-refractivity contribution in [3.63, 3.8) is 0 Å². The van der Waals surface area contributed by atoms with Crippen LogP contribution in [0.15, 0.2) is 24.3 Å². The number of anilines is 2. The molecular weight excluding hydrogens is 416 g/mol. The molecule has 1 saturated heterocycles. The third kappa shape index (κ3) is 6.20. The van der Waals surface area contributed by atoms with Crippen molar-refractivity contribution in [1.29, 1.82) is 0 Å². The van der Waals surface area contributed by atoms with Crippen LogP contribution < -0.4 is 10.2 Å². The summed E-state index contributed by atoms with van der Waals surface area (Å²) in [4.78, 5) is 16.9. The highest BCUT2D eigenvalue weighted by Gasteiger charge is 2.19. The minimum atomic E-state index is 0.203. The lowest BCUT2D eigenvalue weighted by Gasteiger charge is -2.34. The zero-order valence-corrected chi connectivity index (χ0v) is 20.1. The molecule has 0 atom stereocenters. The van der Waals surface area contributed by atoms with E-state index in [9.17, 15) is 5.11 Å². The van der Waals surface area contributed by atoms with Gasteiger partial charge < -0.3 is 29.9 Å². The van der Waals surface area contributed by atoms with Crippen LogP contribution in [0.3, 0.4) is 0 Å². The smallest absolute Gasteiger partial charge is 0.161 e. The molecule has 1 aromatic carbocycles. The topological polar surface area (TPSA) is 77.0 Å². The van der Waals surface area contributed by atoms with E-state index in [1.807, 2.05) is 0 Å². The van der Waals surface area contributed by atoms with Crippen LogP contribution in [0.4, 0.5) is 11.5 Å². The summed E-state index contributed by atoms with van der Waals surface area (Å²) in [5.41, 5.74) is 4.49. The highest BCUT2D eigenvalue weighted by molar-refractivity contribution is 5.63. The number of aromatic nitrogens is 2. The Bertz CT molecular complexity index is 883. The van der Waals surface area contributed by atoms with E-state index in [1.165, 1.54) is 5.69 Å². The molecule has 8 heteroatoms. The maximum atomic E-state index is 9.18. The van der Waals surface area contributed by atoms with Crippen molar-refractivity contribution in [3.05, 3.63) is 35.5 Å².